The van der Waals surface area contributed by atoms with Crippen LogP contribution in [0.4, 0.5) is 5.69 Å². The predicted molar refractivity (Wildman–Crippen MR) is 110 cm³/mol. The summed E-state index contributed by atoms with van der Waals surface area (Å²) < 4.78 is 7.31. The highest BCUT2D eigenvalue weighted by Crippen LogP contribution is 2.32. The smallest absolute Gasteiger partial charge is 0.240 e. The summed E-state index contributed by atoms with van der Waals surface area (Å²) in [5.41, 5.74) is 3.11. The van der Waals surface area contributed by atoms with E-state index in [1.54, 1.807) is 13.4 Å². The van der Waals surface area contributed by atoms with Gasteiger partial charge in [-0.25, -0.2) is 0 Å². The van der Waals surface area contributed by atoms with Gasteiger partial charge in [0.2, 0.25) is 5.91 Å². The number of benzene rings is 2. The fourth-order valence-corrected chi connectivity index (χ4v) is 4.39. The number of nitrogens with zero attached hydrogens (tertiary/aromatic N) is 4. The molecule has 0 bridgehead atoms. The van der Waals surface area contributed by atoms with Crippen molar-refractivity contribution >= 4 is 23.4 Å². The van der Waals surface area contributed by atoms with Crippen LogP contribution in [0.3, 0.4) is 0 Å². The molecule has 0 spiro atoms. The number of hydrogen-bond acceptors (Lipinski definition) is 5. The molecular weight excluding hydrogens is 372 g/mol. The summed E-state index contributed by atoms with van der Waals surface area (Å²) in [6.45, 7) is 2.67. The van der Waals surface area contributed by atoms with Gasteiger partial charge >= 0.3 is 0 Å². The number of fused-ring (bicyclic) bond motifs is 1. The number of aryl methyl sites for hydroxylation is 1. The van der Waals surface area contributed by atoms with Crippen molar-refractivity contribution < 1.29 is 9.53 Å². The van der Waals surface area contributed by atoms with Crippen molar-refractivity contribution in [2.75, 3.05) is 18.6 Å². The number of para-hydroxylation sites is 3. The van der Waals surface area contributed by atoms with Gasteiger partial charge in [0.25, 0.3) is 0 Å². The molecule has 0 radical (unpaired) electrons. The van der Waals surface area contributed by atoms with Gasteiger partial charge in [-0.2, -0.15) is 0 Å². The molecule has 0 unspecified atom stereocenters. The van der Waals surface area contributed by atoms with Gasteiger partial charge in [0.1, 0.15) is 12.1 Å². The van der Waals surface area contributed by atoms with Crippen molar-refractivity contribution in [2.45, 2.75) is 30.2 Å². The number of aromatic nitrogens is 3. The largest absolute Gasteiger partial charge is 0.495 e. The van der Waals surface area contributed by atoms with Crippen LogP contribution in [0.25, 0.3) is 5.69 Å². The van der Waals surface area contributed by atoms with E-state index in [2.05, 4.69) is 16.3 Å². The molecule has 4 rings (SSSR count). The average molecular weight is 395 g/mol. The Kier molecular flexibility index (Phi) is 5.34. The summed E-state index contributed by atoms with van der Waals surface area (Å²) in [5.74, 6) is 0.819. The molecule has 2 aromatic carbocycles. The summed E-state index contributed by atoms with van der Waals surface area (Å²) in [7, 11) is 1.63. The van der Waals surface area contributed by atoms with Crippen LogP contribution < -0.4 is 9.64 Å². The molecule has 1 aliphatic rings. The molecular formula is C21H22N4O2S. The van der Waals surface area contributed by atoms with Gasteiger partial charge < -0.3 is 9.64 Å². The van der Waals surface area contributed by atoms with E-state index in [4.69, 9.17) is 4.74 Å². The zero-order valence-electron chi connectivity index (χ0n) is 15.9. The number of thioether (sulfide) groups is 1. The van der Waals surface area contributed by atoms with E-state index < -0.39 is 0 Å². The Morgan fingerprint density at radius 3 is 2.71 bits per heavy atom. The molecule has 0 fully saturated rings. The highest BCUT2D eigenvalue weighted by atomic mass is 32.2. The lowest BCUT2D eigenvalue weighted by Crippen LogP contribution is -2.40. The average Bonchev–Trinajstić information content (AvgIpc) is 3.20. The van der Waals surface area contributed by atoms with Crippen molar-refractivity contribution in [3.8, 4) is 11.4 Å². The van der Waals surface area contributed by atoms with Crippen molar-refractivity contribution in [3.63, 3.8) is 0 Å². The Hall–Kier alpha value is -2.80. The molecule has 28 heavy (non-hydrogen) atoms. The Morgan fingerprint density at radius 1 is 1.14 bits per heavy atom. The minimum atomic E-state index is -0.288. The van der Waals surface area contributed by atoms with Gasteiger partial charge in [-0.05, 0) is 43.5 Å². The number of rotatable bonds is 5. The Labute approximate surface area is 168 Å². The van der Waals surface area contributed by atoms with Gasteiger partial charge in [0, 0.05) is 12.2 Å². The fraction of sp³-hybridized carbons (Fsp3) is 0.286. The number of amides is 1. The first-order valence-corrected chi connectivity index (χ1v) is 10.2. The van der Waals surface area contributed by atoms with Gasteiger partial charge in [0.05, 0.1) is 18.0 Å². The number of methoxy groups -OCH3 is 1. The summed E-state index contributed by atoms with van der Waals surface area (Å²) in [6, 6.07) is 15.8. The molecule has 1 amide bonds. The topological polar surface area (TPSA) is 60.2 Å². The Morgan fingerprint density at radius 2 is 1.89 bits per heavy atom. The molecule has 6 nitrogen and oxygen atoms in total. The minimum absolute atomic E-state index is 0.0896. The highest BCUT2D eigenvalue weighted by molar-refractivity contribution is 8.00. The summed E-state index contributed by atoms with van der Waals surface area (Å²) >= 11 is 1.41. The lowest BCUT2D eigenvalue weighted by Gasteiger charge is -2.31. The van der Waals surface area contributed by atoms with Crippen molar-refractivity contribution in [1.82, 2.24) is 14.8 Å². The second-order valence-electron chi connectivity index (χ2n) is 6.64. The molecule has 1 aromatic heterocycles. The van der Waals surface area contributed by atoms with Crippen LogP contribution in [-0.2, 0) is 11.2 Å². The van der Waals surface area contributed by atoms with Crippen LogP contribution >= 0.6 is 11.8 Å². The number of ether oxygens (including phenoxy) is 1. The van der Waals surface area contributed by atoms with Gasteiger partial charge in [-0.15, -0.1) is 10.2 Å². The van der Waals surface area contributed by atoms with Crippen molar-refractivity contribution in [3.05, 3.63) is 60.4 Å². The van der Waals surface area contributed by atoms with Crippen LogP contribution in [0.5, 0.6) is 5.75 Å². The van der Waals surface area contributed by atoms with Crippen molar-refractivity contribution in [2.24, 2.45) is 0 Å². The van der Waals surface area contributed by atoms with Crippen LogP contribution in [-0.4, -0.2) is 39.6 Å². The van der Waals surface area contributed by atoms with E-state index in [-0.39, 0.29) is 11.2 Å². The van der Waals surface area contributed by atoms with Crippen LogP contribution in [0.2, 0.25) is 0 Å². The number of anilines is 1. The highest BCUT2D eigenvalue weighted by Gasteiger charge is 2.28. The van der Waals surface area contributed by atoms with Gasteiger partial charge in [-0.1, -0.05) is 42.1 Å². The zero-order chi connectivity index (χ0) is 19.5. The second kappa shape index (κ2) is 8.06. The van der Waals surface area contributed by atoms with E-state index in [1.807, 2.05) is 58.9 Å². The van der Waals surface area contributed by atoms with Gasteiger partial charge in [0.15, 0.2) is 5.16 Å². The number of carbonyl (C=O) groups excluding carboxylic acids is 1. The van der Waals surface area contributed by atoms with Crippen LogP contribution in [0, 0.1) is 0 Å². The predicted octanol–water partition coefficient (Wildman–Crippen LogP) is 3.74. The molecule has 7 heteroatoms. The first-order valence-electron chi connectivity index (χ1n) is 9.28. The lowest BCUT2D eigenvalue weighted by atomic mass is 10.0. The molecule has 144 valence electrons. The summed E-state index contributed by atoms with van der Waals surface area (Å²) in [5, 5.41) is 8.65. The van der Waals surface area contributed by atoms with Gasteiger partial charge in [-0.3, -0.25) is 9.36 Å². The van der Waals surface area contributed by atoms with E-state index in [1.165, 1.54) is 17.3 Å². The third kappa shape index (κ3) is 3.49. The first kappa shape index (κ1) is 18.6. The zero-order valence-corrected chi connectivity index (χ0v) is 16.7. The minimum Gasteiger partial charge on any atom is -0.495 e. The molecule has 0 saturated carbocycles. The maximum Gasteiger partial charge on any atom is 0.240 e. The van der Waals surface area contributed by atoms with E-state index in [9.17, 15) is 4.79 Å². The molecule has 3 aromatic rings. The quantitative estimate of drug-likeness (QED) is 0.617. The Bertz CT molecular complexity index is 988. The van der Waals surface area contributed by atoms with Crippen LogP contribution in [0.15, 0.2) is 60.0 Å². The third-order valence-corrected chi connectivity index (χ3v) is 5.91. The fourth-order valence-electron chi connectivity index (χ4n) is 3.49. The first-order chi connectivity index (χ1) is 13.7. The van der Waals surface area contributed by atoms with E-state index in [0.29, 0.717) is 5.16 Å². The molecule has 0 N–H and O–H groups in total. The number of hydrogen-bond donors (Lipinski definition) is 0. The van der Waals surface area contributed by atoms with Crippen LogP contribution in [0.1, 0.15) is 18.9 Å². The number of carbonyl (C=O) groups is 1. The molecule has 2 heterocycles. The molecule has 1 atom stereocenters. The maximum absolute atomic E-state index is 13.2. The lowest BCUT2D eigenvalue weighted by molar-refractivity contribution is -0.117. The summed E-state index contributed by atoms with van der Waals surface area (Å²) in [6.07, 6.45) is 3.65. The normalized spacial score (nSPS) is 14.4. The molecule has 1 aliphatic heterocycles. The third-order valence-electron chi connectivity index (χ3n) is 4.87. The van der Waals surface area contributed by atoms with E-state index >= 15 is 0 Å². The monoisotopic (exact) mass is 394 g/mol. The van der Waals surface area contributed by atoms with E-state index in [0.717, 1.165) is 36.5 Å². The second-order valence-corrected chi connectivity index (χ2v) is 7.95. The SMILES string of the molecule is COc1ccccc1-n1cnnc1S[C@@H](C)C(=O)N1CCCc2ccccc21. The molecule has 0 aliphatic carbocycles. The standard InChI is InChI=1S/C21H22N4O2S/c1-15(20(26)24-13-7-9-16-8-3-4-10-17(16)24)28-21-23-22-14-25(21)18-11-5-6-12-19(18)27-2/h3-6,8,10-12,14-15H,7,9,13H2,1-2H3/t15-/m0/s1. The maximum atomic E-state index is 13.2. The summed E-state index contributed by atoms with van der Waals surface area (Å²) in [4.78, 5) is 15.1. The van der Waals surface area contributed by atoms with Crippen molar-refractivity contribution in [1.29, 1.82) is 0 Å². The Balaban J connectivity index is 1.57. The molecule has 0 saturated heterocycles.